The lowest BCUT2D eigenvalue weighted by molar-refractivity contribution is -0.870. The molecule has 0 fully saturated rings. The number of phosphoric ester groups is 1. The number of allylic oxidation sites excluding steroid dienone is 1. The van der Waals surface area contributed by atoms with Gasteiger partial charge in [-0.2, -0.15) is 0 Å². The largest absolute Gasteiger partial charge is 0.756 e. The molecule has 0 saturated carbocycles. The van der Waals surface area contributed by atoms with Gasteiger partial charge in [0.1, 0.15) is 13.2 Å². The first kappa shape index (κ1) is 70.2. The highest BCUT2D eigenvalue weighted by molar-refractivity contribution is 7.45. The molecule has 0 spiro atoms. The molecule has 0 aromatic carbocycles. The summed E-state index contributed by atoms with van der Waals surface area (Å²) in [4.78, 5) is 25.5. The Balaban J connectivity index is 3.87. The van der Waals surface area contributed by atoms with E-state index in [2.05, 4.69) is 19.2 Å². The lowest BCUT2D eigenvalue weighted by atomic mass is 10.0. The Kier molecular flexibility index (Phi) is 53.5. The fraction of sp³-hybridized carbons (Fsp3) is 0.952. The van der Waals surface area contributed by atoms with Crippen LogP contribution in [0.1, 0.15) is 328 Å². The summed E-state index contributed by atoms with van der Waals surface area (Å²) in [6.07, 6.45) is 67.6. The quantitative estimate of drug-likeness (QED) is 0.0272. The number of nitrogens with one attached hydrogen (secondary N) is 1. The van der Waals surface area contributed by atoms with Gasteiger partial charge in [-0.05, 0) is 19.3 Å². The second kappa shape index (κ2) is 54.0. The van der Waals surface area contributed by atoms with Crippen LogP contribution >= 0.6 is 7.82 Å². The number of hydrogen-bond acceptors (Lipinski definition) is 6. The van der Waals surface area contributed by atoms with Crippen LogP contribution in [0.2, 0.25) is 0 Å². The van der Waals surface area contributed by atoms with Gasteiger partial charge in [-0.25, -0.2) is 0 Å². The minimum absolute atomic E-state index is 0.00246. The summed E-state index contributed by atoms with van der Waals surface area (Å²) >= 11 is 0. The molecule has 0 bridgehead atoms. The van der Waals surface area contributed by atoms with E-state index < -0.39 is 20.0 Å². The first-order valence-corrected chi connectivity index (χ1v) is 33.0. The van der Waals surface area contributed by atoms with Crippen LogP contribution in [0, 0.1) is 0 Å². The van der Waals surface area contributed by atoms with Crippen molar-refractivity contribution in [2.45, 2.75) is 341 Å². The van der Waals surface area contributed by atoms with Gasteiger partial charge >= 0.3 is 0 Å². The Morgan fingerprint density at radius 2 is 0.761 bits per heavy atom. The summed E-state index contributed by atoms with van der Waals surface area (Å²) in [5, 5.41) is 13.9. The van der Waals surface area contributed by atoms with Crippen molar-refractivity contribution in [3.05, 3.63) is 12.2 Å². The van der Waals surface area contributed by atoms with E-state index in [4.69, 9.17) is 9.05 Å². The average molecular weight is 1030 g/mol. The Bertz CT molecular complexity index is 1160. The van der Waals surface area contributed by atoms with Gasteiger partial charge in [-0.1, -0.05) is 315 Å². The summed E-state index contributed by atoms with van der Waals surface area (Å²) in [6.45, 7) is 4.69. The van der Waals surface area contributed by atoms with E-state index in [9.17, 15) is 19.4 Å². The lowest BCUT2D eigenvalue weighted by Crippen LogP contribution is -2.45. The number of rotatable bonds is 59. The van der Waals surface area contributed by atoms with Crippen molar-refractivity contribution >= 4 is 13.7 Å². The van der Waals surface area contributed by atoms with Crippen LogP contribution in [0.15, 0.2) is 12.2 Å². The molecule has 9 heteroatoms. The van der Waals surface area contributed by atoms with E-state index >= 15 is 0 Å². The number of carbonyl (C=O) groups excluding carboxylic acids is 1. The molecule has 0 heterocycles. The molecule has 0 aliphatic rings. The average Bonchev–Trinajstić information content (AvgIpc) is 3.33. The number of nitrogens with zero attached hydrogens (tertiary/aromatic N) is 1. The topological polar surface area (TPSA) is 108 Å². The monoisotopic (exact) mass is 1020 g/mol. The molecule has 0 aromatic heterocycles. The summed E-state index contributed by atoms with van der Waals surface area (Å²) in [7, 11) is 1.28. The van der Waals surface area contributed by atoms with Crippen LogP contribution in [-0.2, 0) is 18.4 Å². The fourth-order valence-electron chi connectivity index (χ4n) is 9.81. The molecule has 8 nitrogen and oxygen atoms in total. The summed E-state index contributed by atoms with van der Waals surface area (Å²) in [6, 6.07) is -0.881. The molecule has 424 valence electrons. The van der Waals surface area contributed by atoms with Crippen LogP contribution < -0.4 is 10.2 Å². The van der Waals surface area contributed by atoms with Gasteiger partial charge in [0.05, 0.1) is 39.9 Å². The first-order chi connectivity index (χ1) is 34.5. The highest BCUT2D eigenvalue weighted by Gasteiger charge is 2.23. The van der Waals surface area contributed by atoms with E-state index in [-0.39, 0.29) is 19.1 Å². The van der Waals surface area contributed by atoms with Gasteiger partial charge in [0.25, 0.3) is 7.82 Å². The predicted octanol–water partition coefficient (Wildman–Crippen LogP) is 18.8. The van der Waals surface area contributed by atoms with Crippen LogP contribution in [0.3, 0.4) is 0 Å². The smallest absolute Gasteiger partial charge is 0.268 e. The van der Waals surface area contributed by atoms with Crippen molar-refractivity contribution in [2.24, 2.45) is 0 Å². The van der Waals surface area contributed by atoms with Gasteiger partial charge in [0.2, 0.25) is 5.91 Å². The zero-order chi connectivity index (χ0) is 52.0. The number of quaternary nitrogens is 1. The van der Waals surface area contributed by atoms with E-state index in [1.165, 1.54) is 270 Å². The minimum Gasteiger partial charge on any atom is -0.756 e. The number of aliphatic hydroxyl groups excluding tert-OH is 1. The van der Waals surface area contributed by atoms with Crippen molar-refractivity contribution < 1.29 is 32.9 Å². The van der Waals surface area contributed by atoms with Crippen molar-refractivity contribution in [2.75, 3.05) is 40.9 Å². The number of aliphatic hydroxyl groups is 1. The van der Waals surface area contributed by atoms with Crippen molar-refractivity contribution in [3.8, 4) is 0 Å². The zero-order valence-electron chi connectivity index (χ0n) is 48.5. The third kappa shape index (κ3) is 56.8. The van der Waals surface area contributed by atoms with Crippen LogP contribution in [-0.4, -0.2) is 68.5 Å². The van der Waals surface area contributed by atoms with Gasteiger partial charge in [0.15, 0.2) is 0 Å². The Morgan fingerprint density at radius 3 is 1.06 bits per heavy atom. The molecular formula is C62H125N2O6P. The van der Waals surface area contributed by atoms with Crippen molar-refractivity contribution in [1.82, 2.24) is 5.32 Å². The summed E-state index contributed by atoms with van der Waals surface area (Å²) < 4.78 is 23.3. The van der Waals surface area contributed by atoms with E-state index in [0.29, 0.717) is 17.4 Å². The Labute approximate surface area is 443 Å². The minimum atomic E-state index is -4.59. The molecular weight excluding hydrogens is 900 g/mol. The zero-order valence-corrected chi connectivity index (χ0v) is 49.4. The molecule has 0 aliphatic heterocycles. The molecule has 0 aromatic rings. The first-order valence-electron chi connectivity index (χ1n) is 31.6. The van der Waals surface area contributed by atoms with Gasteiger partial charge in [-0.15, -0.1) is 0 Å². The second-order valence-corrected chi connectivity index (χ2v) is 24.5. The molecule has 0 rings (SSSR count). The van der Waals surface area contributed by atoms with E-state index in [1.807, 2.05) is 27.2 Å². The van der Waals surface area contributed by atoms with Crippen molar-refractivity contribution in [1.29, 1.82) is 0 Å². The molecule has 71 heavy (non-hydrogen) atoms. The summed E-state index contributed by atoms with van der Waals surface area (Å²) in [5.41, 5.74) is 0. The number of likely N-dealkylation sites (N-methyl/N-ethyl adjacent to an activating group) is 1. The van der Waals surface area contributed by atoms with Gasteiger partial charge < -0.3 is 28.8 Å². The number of unbranched alkanes of at least 4 members (excludes halogenated alkanes) is 46. The maximum absolute atomic E-state index is 13.0. The molecule has 3 atom stereocenters. The van der Waals surface area contributed by atoms with Crippen LogP contribution in [0.25, 0.3) is 0 Å². The van der Waals surface area contributed by atoms with Crippen LogP contribution in [0.4, 0.5) is 0 Å². The fourth-order valence-corrected chi connectivity index (χ4v) is 10.5. The van der Waals surface area contributed by atoms with E-state index in [1.54, 1.807) is 6.08 Å². The SMILES string of the molecule is CCCCCCCCCCCCC/C=C/[C@@H](O)[C@H](COP(=O)([O-])OCC[N+](C)(C)C)NC(=O)CCCCCCCCCCCCCCCCCCCCCCCCCCCCCCCCCCCCCC. The summed E-state index contributed by atoms with van der Waals surface area (Å²) in [5.74, 6) is -0.190. The third-order valence-corrected chi connectivity index (χ3v) is 15.7. The predicted molar refractivity (Wildman–Crippen MR) is 307 cm³/mol. The maximum atomic E-state index is 13.0. The number of hydrogen-bond donors (Lipinski definition) is 2. The molecule has 0 radical (unpaired) electrons. The maximum Gasteiger partial charge on any atom is 0.268 e. The molecule has 1 amide bonds. The molecule has 0 saturated heterocycles. The number of phosphoric acid groups is 1. The van der Waals surface area contributed by atoms with Crippen LogP contribution in [0.5, 0.6) is 0 Å². The highest BCUT2D eigenvalue weighted by atomic mass is 31.2. The highest BCUT2D eigenvalue weighted by Crippen LogP contribution is 2.38. The third-order valence-electron chi connectivity index (χ3n) is 14.7. The standard InChI is InChI=1S/C62H125N2O6P/c1-6-8-10-12-14-16-18-20-21-22-23-24-25-26-27-28-29-30-31-32-33-34-35-36-37-38-39-40-41-42-44-46-48-50-52-54-56-62(66)63-60(59-70-71(67,68)69-58-57-64(3,4)5)61(65)55-53-51-49-47-45-43-19-17-15-13-11-9-7-2/h53,55,60-61,65H,6-52,54,56-59H2,1-5H3,(H-,63,66,67,68)/b55-53+/t60-,61+/m0/s1. The molecule has 2 N–H and O–H groups in total. The number of carbonyl (C=O) groups is 1. The Morgan fingerprint density at radius 1 is 0.479 bits per heavy atom. The van der Waals surface area contributed by atoms with Gasteiger partial charge in [0, 0.05) is 6.42 Å². The molecule has 1 unspecified atom stereocenters. The normalized spacial score (nSPS) is 13.8. The van der Waals surface area contributed by atoms with E-state index in [0.717, 1.165) is 38.5 Å². The Hall–Kier alpha value is -0.760. The van der Waals surface area contributed by atoms with Crippen molar-refractivity contribution in [3.63, 3.8) is 0 Å². The second-order valence-electron chi connectivity index (χ2n) is 23.1. The molecule has 0 aliphatic carbocycles. The number of amides is 1. The van der Waals surface area contributed by atoms with Gasteiger partial charge in [-0.3, -0.25) is 9.36 Å². The lowest BCUT2D eigenvalue weighted by Gasteiger charge is -2.29.